The lowest BCUT2D eigenvalue weighted by Gasteiger charge is -2.15. The average molecular weight is 380 g/mol. The van der Waals surface area contributed by atoms with Crippen molar-refractivity contribution in [1.82, 2.24) is 10.6 Å². The molecule has 0 bridgehead atoms. The van der Waals surface area contributed by atoms with Gasteiger partial charge in [-0.25, -0.2) is 9.59 Å². The molecule has 1 aliphatic carbocycles. The Morgan fingerprint density at radius 1 is 1.00 bits per heavy atom. The Bertz CT molecular complexity index is 847. The van der Waals surface area contributed by atoms with E-state index in [2.05, 4.69) is 10.6 Å². The Balaban J connectivity index is 1.57. The number of esters is 1. The first-order valence-corrected chi connectivity index (χ1v) is 9.47. The standard InChI is InChI=1S/C22H24N2O4/c1-15(20(25)24-22(27)23-18-13-14-18)28-21(26)19-10-6-5-9-17(19)12-11-16-7-3-2-4-8-16/h2-10,15,18H,11-14H2,1H3,(H2,23,24,25,27)/t15-/m1/s1. The maximum atomic E-state index is 12.6. The summed E-state index contributed by atoms with van der Waals surface area (Å²) in [5.74, 6) is -1.22. The highest BCUT2D eigenvalue weighted by Crippen LogP contribution is 2.18. The van der Waals surface area contributed by atoms with Crippen LogP contribution in [0.25, 0.3) is 0 Å². The second-order valence-corrected chi connectivity index (χ2v) is 6.93. The van der Waals surface area contributed by atoms with Crippen LogP contribution in [-0.4, -0.2) is 30.1 Å². The molecule has 1 aliphatic rings. The molecule has 28 heavy (non-hydrogen) atoms. The molecule has 6 nitrogen and oxygen atoms in total. The molecule has 2 aromatic rings. The highest BCUT2D eigenvalue weighted by Gasteiger charge is 2.26. The van der Waals surface area contributed by atoms with E-state index in [0.29, 0.717) is 12.0 Å². The molecule has 2 N–H and O–H groups in total. The molecule has 2 aromatic carbocycles. The summed E-state index contributed by atoms with van der Waals surface area (Å²) in [5, 5.41) is 4.86. The third-order valence-corrected chi connectivity index (χ3v) is 4.57. The quantitative estimate of drug-likeness (QED) is 0.723. The zero-order valence-electron chi connectivity index (χ0n) is 15.8. The predicted octanol–water partition coefficient (Wildman–Crippen LogP) is 3.01. The number of rotatable bonds is 7. The first kappa shape index (κ1) is 19.6. The highest BCUT2D eigenvalue weighted by atomic mass is 16.5. The first-order chi connectivity index (χ1) is 13.5. The number of carbonyl (C=O) groups is 3. The van der Waals surface area contributed by atoms with Crippen molar-refractivity contribution in [2.45, 2.75) is 44.8 Å². The van der Waals surface area contributed by atoms with Crippen LogP contribution >= 0.6 is 0 Å². The third-order valence-electron chi connectivity index (χ3n) is 4.57. The van der Waals surface area contributed by atoms with E-state index in [1.54, 1.807) is 12.1 Å². The van der Waals surface area contributed by atoms with Crippen molar-refractivity contribution >= 4 is 17.9 Å². The van der Waals surface area contributed by atoms with E-state index in [-0.39, 0.29) is 6.04 Å². The van der Waals surface area contributed by atoms with Gasteiger partial charge in [0, 0.05) is 6.04 Å². The summed E-state index contributed by atoms with van der Waals surface area (Å²) in [6, 6.07) is 16.8. The van der Waals surface area contributed by atoms with Crippen LogP contribution in [0, 0.1) is 0 Å². The van der Waals surface area contributed by atoms with Crippen LogP contribution in [0.5, 0.6) is 0 Å². The molecule has 0 spiro atoms. The van der Waals surface area contributed by atoms with Gasteiger partial charge in [0.25, 0.3) is 5.91 Å². The van der Waals surface area contributed by atoms with Gasteiger partial charge < -0.3 is 10.1 Å². The topological polar surface area (TPSA) is 84.5 Å². The molecule has 1 atom stereocenters. The van der Waals surface area contributed by atoms with E-state index in [1.165, 1.54) is 12.5 Å². The Labute approximate surface area is 164 Å². The molecule has 1 saturated carbocycles. The van der Waals surface area contributed by atoms with Gasteiger partial charge in [0.15, 0.2) is 6.10 Å². The SMILES string of the molecule is C[C@@H](OC(=O)c1ccccc1CCc1ccccc1)C(=O)NC(=O)NC1CC1. The normalized spacial score (nSPS) is 14.0. The van der Waals surface area contributed by atoms with Crippen molar-refractivity contribution in [1.29, 1.82) is 0 Å². The molecule has 0 radical (unpaired) electrons. The zero-order chi connectivity index (χ0) is 19.9. The van der Waals surface area contributed by atoms with Crippen LogP contribution in [0.3, 0.4) is 0 Å². The van der Waals surface area contributed by atoms with E-state index in [0.717, 1.165) is 24.8 Å². The molecule has 3 rings (SSSR count). The Hall–Kier alpha value is -3.15. The van der Waals surface area contributed by atoms with E-state index in [1.807, 2.05) is 42.5 Å². The van der Waals surface area contributed by atoms with Crippen LogP contribution in [0.4, 0.5) is 4.79 Å². The number of amides is 3. The Morgan fingerprint density at radius 3 is 2.39 bits per heavy atom. The summed E-state index contributed by atoms with van der Waals surface area (Å²) < 4.78 is 5.28. The monoisotopic (exact) mass is 380 g/mol. The number of hydrogen-bond donors (Lipinski definition) is 2. The Morgan fingerprint density at radius 2 is 1.68 bits per heavy atom. The lowest BCUT2D eigenvalue weighted by atomic mass is 10.00. The summed E-state index contributed by atoms with van der Waals surface area (Å²) in [5.41, 5.74) is 2.47. The van der Waals surface area contributed by atoms with Crippen molar-refractivity contribution in [3.8, 4) is 0 Å². The second kappa shape index (κ2) is 9.17. The number of imide groups is 1. The maximum absolute atomic E-state index is 12.6. The minimum atomic E-state index is -1.07. The Kier molecular flexibility index (Phi) is 6.42. The molecule has 146 valence electrons. The molecular weight excluding hydrogens is 356 g/mol. The molecule has 0 aliphatic heterocycles. The van der Waals surface area contributed by atoms with Gasteiger partial charge in [-0.3, -0.25) is 10.1 Å². The van der Waals surface area contributed by atoms with Gasteiger partial charge in [-0.05, 0) is 49.8 Å². The summed E-state index contributed by atoms with van der Waals surface area (Å²) >= 11 is 0. The lowest BCUT2D eigenvalue weighted by Crippen LogP contribution is -2.45. The van der Waals surface area contributed by atoms with Gasteiger partial charge in [-0.1, -0.05) is 48.5 Å². The highest BCUT2D eigenvalue weighted by molar-refractivity contribution is 5.99. The van der Waals surface area contributed by atoms with Crippen LogP contribution < -0.4 is 10.6 Å². The molecular formula is C22H24N2O4. The molecule has 6 heteroatoms. The fourth-order valence-corrected chi connectivity index (χ4v) is 2.80. The van der Waals surface area contributed by atoms with Crippen molar-refractivity contribution in [3.05, 3.63) is 71.3 Å². The van der Waals surface area contributed by atoms with Gasteiger partial charge in [0.1, 0.15) is 0 Å². The first-order valence-electron chi connectivity index (χ1n) is 9.47. The van der Waals surface area contributed by atoms with Crippen molar-refractivity contribution in [2.75, 3.05) is 0 Å². The van der Waals surface area contributed by atoms with Gasteiger partial charge in [0.2, 0.25) is 0 Å². The number of aryl methyl sites for hydroxylation is 2. The summed E-state index contributed by atoms with van der Waals surface area (Å²) in [7, 11) is 0. The van der Waals surface area contributed by atoms with Crippen molar-refractivity contribution in [2.24, 2.45) is 0 Å². The van der Waals surface area contributed by atoms with E-state index in [9.17, 15) is 14.4 Å². The molecule has 0 aromatic heterocycles. The van der Waals surface area contributed by atoms with E-state index >= 15 is 0 Å². The zero-order valence-corrected chi connectivity index (χ0v) is 15.8. The fourth-order valence-electron chi connectivity index (χ4n) is 2.80. The van der Waals surface area contributed by atoms with Crippen LogP contribution in [-0.2, 0) is 22.4 Å². The van der Waals surface area contributed by atoms with Gasteiger partial charge >= 0.3 is 12.0 Å². The molecule has 3 amide bonds. The van der Waals surface area contributed by atoms with E-state index < -0.39 is 24.0 Å². The lowest BCUT2D eigenvalue weighted by molar-refractivity contribution is -0.127. The minimum Gasteiger partial charge on any atom is -0.449 e. The fraction of sp³-hybridized carbons (Fsp3) is 0.318. The number of benzene rings is 2. The largest absolute Gasteiger partial charge is 0.449 e. The second-order valence-electron chi connectivity index (χ2n) is 6.93. The minimum absolute atomic E-state index is 0.141. The molecule has 0 heterocycles. The smallest absolute Gasteiger partial charge is 0.339 e. The maximum Gasteiger partial charge on any atom is 0.339 e. The predicted molar refractivity (Wildman–Crippen MR) is 105 cm³/mol. The third kappa shape index (κ3) is 5.67. The summed E-state index contributed by atoms with van der Waals surface area (Å²) in [6.45, 7) is 1.45. The van der Waals surface area contributed by atoms with Gasteiger partial charge in [0.05, 0.1) is 5.56 Å². The number of urea groups is 1. The number of nitrogens with one attached hydrogen (secondary N) is 2. The van der Waals surface area contributed by atoms with E-state index in [4.69, 9.17) is 4.74 Å². The van der Waals surface area contributed by atoms with Crippen LogP contribution in [0.15, 0.2) is 54.6 Å². The van der Waals surface area contributed by atoms with Crippen molar-refractivity contribution in [3.63, 3.8) is 0 Å². The summed E-state index contributed by atoms with van der Waals surface area (Å²) in [4.78, 5) is 36.3. The number of ether oxygens (including phenoxy) is 1. The van der Waals surface area contributed by atoms with Crippen LogP contribution in [0.1, 0.15) is 41.3 Å². The van der Waals surface area contributed by atoms with Gasteiger partial charge in [-0.2, -0.15) is 0 Å². The van der Waals surface area contributed by atoms with Crippen molar-refractivity contribution < 1.29 is 19.1 Å². The van der Waals surface area contributed by atoms with Crippen LogP contribution in [0.2, 0.25) is 0 Å². The summed E-state index contributed by atoms with van der Waals surface area (Å²) in [6.07, 6.45) is 2.25. The average Bonchev–Trinajstić information content (AvgIpc) is 3.51. The molecule has 1 fully saturated rings. The number of hydrogen-bond acceptors (Lipinski definition) is 4. The number of carbonyl (C=O) groups excluding carboxylic acids is 3. The van der Waals surface area contributed by atoms with Gasteiger partial charge in [-0.15, -0.1) is 0 Å². The molecule has 0 unspecified atom stereocenters. The molecule has 0 saturated heterocycles.